The highest BCUT2D eigenvalue weighted by atomic mass is 16.3. The zero-order valence-corrected chi connectivity index (χ0v) is 10.7. The fraction of sp³-hybridized carbons (Fsp3) is 0.294. The summed E-state index contributed by atoms with van der Waals surface area (Å²) in [7, 11) is 0. The van der Waals surface area contributed by atoms with Crippen molar-refractivity contribution < 1.29 is 5.11 Å². The van der Waals surface area contributed by atoms with Crippen LogP contribution >= 0.6 is 0 Å². The van der Waals surface area contributed by atoms with Crippen molar-refractivity contribution in [1.29, 1.82) is 0 Å². The van der Waals surface area contributed by atoms with Gasteiger partial charge in [0.1, 0.15) is 0 Å². The highest BCUT2D eigenvalue weighted by Gasteiger charge is 2.34. The summed E-state index contributed by atoms with van der Waals surface area (Å²) in [6.07, 6.45) is 2.29. The fourth-order valence-corrected chi connectivity index (χ4v) is 2.88. The molecule has 3 rings (SSSR count). The molecule has 0 aromatic heterocycles. The predicted octanol–water partition coefficient (Wildman–Crippen LogP) is 3.07. The first-order valence-electron chi connectivity index (χ1n) is 6.49. The summed E-state index contributed by atoms with van der Waals surface area (Å²) in [5.41, 5.74) is 4.48. The molecule has 0 saturated carbocycles. The lowest BCUT2D eigenvalue weighted by Gasteiger charge is -2.22. The number of hydrogen-bond donors (Lipinski definition) is 1. The Labute approximate surface area is 108 Å². The molecule has 0 saturated heterocycles. The monoisotopic (exact) mass is 238 g/mol. The van der Waals surface area contributed by atoms with Crippen molar-refractivity contribution >= 4 is 0 Å². The molecule has 0 atom stereocenters. The minimum Gasteiger partial charge on any atom is -0.389 e. The second kappa shape index (κ2) is 4.25. The van der Waals surface area contributed by atoms with Gasteiger partial charge in [-0.3, -0.25) is 0 Å². The zero-order valence-electron chi connectivity index (χ0n) is 10.7. The van der Waals surface area contributed by atoms with Crippen LogP contribution in [0.5, 0.6) is 0 Å². The molecule has 0 fully saturated rings. The highest BCUT2D eigenvalue weighted by Crippen LogP contribution is 2.32. The second-order valence-corrected chi connectivity index (χ2v) is 5.51. The molecule has 0 heterocycles. The molecule has 0 amide bonds. The van der Waals surface area contributed by atoms with Gasteiger partial charge in [-0.15, -0.1) is 0 Å². The predicted molar refractivity (Wildman–Crippen MR) is 73.7 cm³/mol. The van der Waals surface area contributed by atoms with Gasteiger partial charge in [0, 0.05) is 19.3 Å². The van der Waals surface area contributed by atoms with Crippen molar-refractivity contribution in [2.24, 2.45) is 0 Å². The molecule has 2 aromatic rings. The number of aryl methyl sites for hydroxylation is 1. The fourth-order valence-electron chi connectivity index (χ4n) is 2.88. The Hall–Kier alpha value is -1.60. The Morgan fingerprint density at radius 2 is 1.50 bits per heavy atom. The molecule has 0 unspecified atom stereocenters. The molecule has 0 spiro atoms. The molecular weight excluding hydrogens is 220 g/mol. The lowest BCUT2D eigenvalue weighted by atomic mass is 9.91. The summed E-state index contributed by atoms with van der Waals surface area (Å²) in [5, 5.41) is 10.7. The van der Waals surface area contributed by atoms with E-state index in [-0.39, 0.29) is 0 Å². The summed E-state index contributed by atoms with van der Waals surface area (Å²) >= 11 is 0. The third kappa shape index (κ3) is 2.19. The van der Waals surface area contributed by atoms with E-state index >= 15 is 0 Å². The maximum atomic E-state index is 10.7. The number of fused-ring (bicyclic) bond motifs is 1. The van der Waals surface area contributed by atoms with E-state index in [4.69, 9.17) is 0 Å². The number of rotatable bonds is 2. The zero-order chi connectivity index (χ0) is 12.6. The van der Waals surface area contributed by atoms with Crippen LogP contribution in [0.2, 0.25) is 0 Å². The van der Waals surface area contributed by atoms with Crippen molar-refractivity contribution in [3.05, 3.63) is 70.8 Å². The van der Waals surface area contributed by atoms with Gasteiger partial charge in [0.2, 0.25) is 0 Å². The topological polar surface area (TPSA) is 20.2 Å². The largest absolute Gasteiger partial charge is 0.389 e. The Balaban J connectivity index is 1.80. The molecule has 1 aliphatic carbocycles. The van der Waals surface area contributed by atoms with Gasteiger partial charge in [0.15, 0.2) is 0 Å². The van der Waals surface area contributed by atoms with E-state index in [9.17, 15) is 5.11 Å². The second-order valence-electron chi connectivity index (χ2n) is 5.51. The standard InChI is InChI=1S/C17H18O/c1-13-6-8-14(9-7-13)10-17(18)11-15-4-2-3-5-16(15)12-17/h2-9,18H,10-12H2,1H3. The Morgan fingerprint density at radius 3 is 2.06 bits per heavy atom. The number of hydrogen-bond acceptors (Lipinski definition) is 1. The average molecular weight is 238 g/mol. The summed E-state index contributed by atoms with van der Waals surface area (Å²) in [5.74, 6) is 0. The van der Waals surface area contributed by atoms with Crippen molar-refractivity contribution in [3.8, 4) is 0 Å². The Morgan fingerprint density at radius 1 is 0.944 bits per heavy atom. The van der Waals surface area contributed by atoms with Crippen LogP contribution in [-0.4, -0.2) is 10.7 Å². The van der Waals surface area contributed by atoms with E-state index < -0.39 is 5.60 Å². The first-order valence-corrected chi connectivity index (χ1v) is 6.49. The van der Waals surface area contributed by atoms with Gasteiger partial charge in [-0.25, -0.2) is 0 Å². The van der Waals surface area contributed by atoms with Gasteiger partial charge in [-0.1, -0.05) is 54.1 Å². The lowest BCUT2D eigenvalue weighted by molar-refractivity contribution is 0.0518. The minimum atomic E-state index is -0.598. The van der Waals surface area contributed by atoms with Crippen LogP contribution in [0.4, 0.5) is 0 Å². The summed E-state index contributed by atoms with van der Waals surface area (Å²) < 4.78 is 0. The molecule has 2 aromatic carbocycles. The Kier molecular flexibility index (Phi) is 2.71. The van der Waals surface area contributed by atoms with Crippen LogP contribution in [0.15, 0.2) is 48.5 Å². The van der Waals surface area contributed by atoms with Crippen molar-refractivity contribution in [3.63, 3.8) is 0 Å². The van der Waals surface area contributed by atoms with E-state index in [0.717, 1.165) is 19.3 Å². The lowest BCUT2D eigenvalue weighted by Crippen LogP contribution is -2.32. The molecule has 1 aliphatic rings. The molecule has 1 heteroatoms. The van der Waals surface area contributed by atoms with E-state index in [0.29, 0.717) is 0 Å². The normalized spacial score (nSPS) is 16.6. The number of aliphatic hydroxyl groups is 1. The van der Waals surface area contributed by atoms with Gasteiger partial charge < -0.3 is 5.11 Å². The van der Waals surface area contributed by atoms with Crippen molar-refractivity contribution in [2.75, 3.05) is 0 Å². The maximum Gasteiger partial charge on any atom is 0.0768 e. The van der Waals surface area contributed by atoms with Crippen molar-refractivity contribution in [1.82, 2.24) is 0 Å². The van der Waals surface area contributed by atoms with Crippen LogP contribution in [0.1, 0.15) is 22.3 Å². The minimum absolute atomic E-state index is 0.598. The van der Waals surface area contributed by atoms with E-state index in [2.05, 4.69) is 55.5 Å². The molecule has 92 valence electrons. The van der Waals surface area contributed by atoms with E-state index in [1.165, 1.54) is 22.3 Å². The van der Waals surface area contributed by atoms with Crippen LogP contribution in [0, 0.1) is 6.92 Å². The molecule has 0 radical (unpaired) electrons. The molecule has 0 aliphatic heterocycles. The molecular formula is C17H18O. The van der Waals surface area contributed by atoms with Gasteiger partial charge in [-0.2, -0.15) is 0 Å². The van der Waals surface area contributed by atoms with E-state index in [1.807, 2.05) is 0 Å². The van der Waals surface area contributed by atoms with Crippen LogP contribution < -0.4 is 0 Å². The SMILES string of the molecule is Cc1ccc(CC2(O)Cc3ccccc3C2)cc1. The van der Waals surface area contributed by atoms with Gasteiger partial charge in [-0.05, 0) is 23.6 Å². The quantitative estimate of drug-likeness (QED) is 0.852. The Bertz CT molecular complexity index is 529. The van der Waals surface area contributed by atoms with Crippen LogP contribution in [-0.2, 0) is 19.3 Å². The van der Waals surface area contributed by atoms with Gasteiger partial charge in [0.25, 0.3) is 0 Å². The summed E-state index contributed by atoms with van der Waals surface area (Å²) in [6, 6.07) is 16.8. The van der Waals surface area contributed by atoms with Crippen LogP contribution in [0.25, 0.3) is 0 Å². The summed E-state index contributed by atoms with van der Waals surface area (Å²) in [4.78, 5) is 0. The maximum absolute atomic E-state index is 10.7. The molecule has 18 heavy (non-hydrogen) atoms. The average Bonchev–Trinajstić information content (AvgIpc) is 2.68. The first kappa shape index (κ1) is 11.5. The first-order chi connectivity index (χ1) is 8.65. The van der Waals surface area contributed by atoms with Crippen LogP contribution in [0.3, 0.4) is 0 Å². The third-order valence-electron chi connectivity index (χ3n) is 3.81. The van der Waals surface area contributed by atoms with E-state index in [1.54, 1.807) is 0 Å². The highest BCUT2D eigenvalue weighted by molar-refractivity contribution is 5.36. The van der Waals surface area contributed by atoms with Crippen molar-refractivity contribution in [2.45, 2.75) is 31.8 Å². The van der Waals surface area contributed by atoms with Gasteiger partial charge >= 0.3 is 0 Å². The third-order valence-corrected chi connectivity index (χ3v) is 3.81. The molecule has 1 N–H and O–H groups in total. The molecule has 0 bridgehead atoms. The van der Waals surface area contributed by atoms with Gasteiger partial charge in [0.05, 0.1) is 5.60 Å². The smallest absolute Gasteiger partial charge is 0.0768 e. The summed E-state index contributed by atoms with van der Waals surface area (Å²) in [6.45, 7) is 2.09. The molecule has 1 nitrogen and oxygen atoms in total. The number of benzene rings is 2.